The lowest BCUT2D eigenvalue weighted by atomic mass is 9.85. The number of benzene rings is 1. The van der Waals surface area contributed by atoms with Gasteiger partial charge in [0.1, 0.15) is 5.82 Å². The molecule has 2 rings (SSSR count). The molecule has 0 bridgehead atoms. The van der Waals surface area contributed by atoms with Crippen molar-refractivity contribution in [1.82, 2.24) is 4.98 Å². The summed E-state index contributed by atoms with van der Waals surface area (Å²) < 4.78 is 13.0. The number of aryl methyl sites for hydroxylation is 3. The minimum atomic E-state index is -0.613. The Morgan fingerprint density at radius 3 is 2.25 bits per heavy atom. The van der Waals surface area contributed by atoms with Gasteiger partial charge in [-0.3, -0.25) is 4.98 Å². The third-order valence-corrected chi connectivity index (χ3v) is 3.70. The van der Waals surface area contributed by atoms with Crippen molar-refractivity contribution in [3.05, 3.63) is 64.2 Å². The van der Waals surface area contributed by atoms with Crippen LogP contribution in [0.2, 0.25) is 0 Å². The molecule has 1 atom stereocenters. The molecule has 106 valence electrons. The average Bonchev–Trinajstić information content (AvgIpc) is 2.34. The molecule has 0 aliphatic carbocycles. The van der Waals surface area contributed by atoms with Crippen molar-refractivity contribution < 1.29 is 4.39 Å². The minimum Gasteiger partial charge on any atom is -0.320 e. The molecule has 3 heteroatoms. The van der Waals surface area contributed by atoms with E-state index in [9.17, 15) is 4.39 Å². The monoisotopic (exact) mass is 272 g/mol. The van der Waals surface area contributed by atoms with E-state index in [0.29, 0.717) is 12.1 Å². The van der Waals surface area contributed by atoms with Gasteiger partial charge in [-0.05, 0) is 62.9 Å². The number of pyridine rings is 1. The Kier molecular flexibility index (Phi) is 3.91. The molecule has 1 unspecified atom stereocenters. The van der Waals surface area contributed by atoms with Gasteiger partial charge in [-0.1, -0.05) is 17.7 Å². The third-order valence-electron chi connectivity index (χ3n) is 3.70. The van der Waals surface area contributed by atoms with Crippen molar-refractivity contribution in [3.63, 3.8) is 0 Å². The molecule has 0 fully saturated rings. The fraction of sp³-hybridized carbons (Fsp3) is 0.353. The maximum absolute atomic E-state index is 13.0. The number of rotatable bonds is 3. The predicted molar refractivity (Wildman–Crippen MR) is 80.1 cm³/mol. The molecule has 0 aliphatic rings. The Balaban J connectivity index is 2.35. The summed E-state index contributed by atoms with van der Waals surface area (Å²) in [5.41, 5.74) is 11.5. The highest BCUT2D eigenvalue weighted by Crippen LogP contribution is 2.26. The Morgan fingerprint density at radius 2 is 1.75 bits per heavy atom. The predicted octanol–water partition coefficient (Wildman–Crippen LogP) is 3.56. The third kappa shape index (κ3) is 3.05. The Morgan fingerprint density at radius 1 is 1.15 bits per heavy atom. The summed E-state index contributed by atoms with van der Waals surface area (Å²) in [6.45, 7) is 8.23. The lowest BCUT2D eigenvalue weighted by Gasteiger charge is -2.26. The molecule has 20 heavy (non-hydrogen) atoms. The van der Waals surface area contributed by atoms with Gasteiger partial charge in [0.05, 0.1) is 17.4 Å². The van der Waals surface area contributed by atoms with Crippen LogP contribution in [-0.4, -0.2) is 4.98 Å². The number of halogens is 1. The van der Waals surface area contributed by atoms with Crippen LogP contribution in [0.4, 0.5) is 4.39 Å². The summed E-state index contributed by atoms with van der Waals surface area (Å²) in [6.07, 6.45) is 1.90. The van der Waals surface area contributed by atoms with Crippen molar-refractivity contribution in [2.24, 2.45) is 5.73 Å². The van der Waals surface area contributed by atoms with E-state index < -0.39 is 5.54 Å². The molecule has 2 aromatic rings. The average molecular weight is 272 g/mol. The number of nitrogens with zero attached hydrogens (tertiary/aromatic N) is 1. The van der Waals surface area contributed by atoms with Crippen LogP contribution in [0.15, 0.2) is 30.5 Å². The second kappa shape index (κ2) is 5.33. The SMILES string of the molecule is Cc1cc(C)c(CC(C)(N)c2ccc(F)cn2)c(C)c1. The summed E-state index contributed by atoms with van der Waals surface area (Å²) >= 11 is 0. The fourth-order valence-electron chi connectivity index (χ4n) is 2.66. The van der Waals surface area contributed by atoms with Crippen molar-refractivity contribution in [1.29, 1.82) is 0 Å². The van der Waals surface area contributed by atoms with Crippen molar-refractivity contribution in [3.8, 4) is 0 Å². The topological polar surface area (TPSA) is 38.9 Å². The van der Waals surface area contributed by atoms with E-state index in [1.807, 2.05) is 6.92 Å². The smallest absolute Gasteiger partial charge is 0.141 e. The van der Waals surface area contributed by atoms with Gasteiger partial charge in [0.2, 0.25) is 0 Å². The van der Waals surface area contributed by atoms with Gasteiger partial charge >= 0.3 is 0 Å². The lowest BCUT2D eigenvalue weighted by molar-refractivity contribution is 0.470. The van der Waals surface area contributed by atoms with Crippen LogP contribution < -0.4 is 5.73 Å². The maximum Gasteiger partial charge on any atom is 0.141 e. The van der Waals surface area contributed by atoms with Crippen molar-refractivity contribution in [2.75, 3.05) is 0 Å². The van der Waals surface area contributed by atoms with Crippen LogP contribution in [0.1, 0.15) is 34.9 Å². The summed E-state index contributed by atoms with van der Waals surface area (Å²) in [4.78, 5) is 4.12. The first-order valence-electron chi connectivity index (χ1n) is 6.77. The second-order valence-electron chi connectivity index (χ2n) is 5.83. The van der Waals surface area contributed by atoms with Gasteiger partial charge < -0.3 is 5.73 Å². The van der Waals surface area contributed by atoms with E-state index in [1.165, 1.54) is 34.5 Å². The number of hydrogen-bond donors (Lipinski definition) is 1. The maximum atomic E-state index is 13.0. The molecule has 0 spiro atoms. The molecule has 1 heterocycles. The lowest BCUT2D eigenvalue weighted by Crippen LogP contribution is -2.37. The quantitative estimate of drug-likeness (QED) is 0.927. The Hall–Kier alpha value is -1.74. The largest absolute Gasteiger partial charge is 0.320 e. The summed E-state index contributed by atoms with van der Waals surface area (Å²) in [6, 6.07) is 7.39. The zero-order chi connectivity index (χ0) is 14.9. The molecule has 2 nitrogen and oxygen atoms in total. The van der Waals surface area contributed by atoms with Crippen LogP contribution >= 0.6 is 0 Å². The van der Waals surface area contributed by atoms with Crippen LogP contribution in [0.3, 0.4) is 0 Å². The second-order valence-corrected chi connectivity index (χ2v) is 5.83. The first kappa shape index (κ1) is 14.7. The van der Waals surface area contributed by atoms with Crippen LogP contribution in [0.5, 0.6) is 0 Å². The van der Waals surface area contributed by atoms with E-state index in [-0.39, 0.29) is 5.82 Å². The zero-order valence-electron chi connectivity index (χ0n) is 12.5. The molecule has 0 aliphatic heterocycles. The summed E-state index contributed by atoms with van der Waals surface area (Å²) in [5, 5.41) is 0. The standard InChI is InChI=1S/C17H21FN2/c1-11-7-12(2)15(13(3)8-11)9-17(4,19)16-6-5-14(18)10-20-16/h5-8,10H,9,19H2,1-4H3. The van der Waals surface area contributed by atoms with E-state index in [4.69, 9.17) is 5.73 Å². The first-order chi connectivity index (χ1) is 9.29. The molecule has 2 N–H and O–H groups in total. The van der Waals surface area contributed by atoms with Crippen LogP contribution in [0, 0.1) is 26.6 Å². The molecule has 0 saturated carbocycles. The normalized spacial score (nSPS) is 14.1. The zero-order valence-corrected chi connectivity index (χ0v) is 12.5. The Labute approximate surface area is 119 Å². The van der Waals surface area contributed by atoms with Gasteiger partial charge in [-0.2, -0.15) is 0 Å². The molecule has 0 saturated heterocycles. The van der Waals surface area contributed by atoms with E-state index in [0.717, 1.165) is 0 Å². The Bertz CT molecular complexity index is 592. The molecule has 1 aromatic heterocycles. The van der Waals surface area contributed by atoms with E-state index >= 15 is 0 Å². The van der Waals surface area contributed by atoms with Gasteiger partial charge in [-0.25, -0.2) is 4.39 Å². The van der Waals surface area contributed by atoms with Gasteiger partial charge in [0, 0.05) is 0 Å². The summed E-state index contributed by atoms with van der Waals surface area (Å²) in [7, 11) is 0. The van der Waals surface area contributed by atoms with Crippen LogP contribution in [-0.2, 0) is 12.0 Å². The number of aromatic nitrogens is 1. The number of hydrogen-bond acceptors (Lipinski definition) is 2. The molecule has 0 radical (unpaired) electrons. The van der Waals surface area contributed by atoms with Gasteiger partial charge in [0.15, 0.2) is 0 Å². The molecule has 1 aromatic carbocycles. The van der Waals surface area contributed by atoms with Crippen LogP contribution in [0.25, 0.3) is 0 Å². The van der Waals surface area contributed by atoms with Gasteiger partial charge in [-0.15, -0.1) is 0 Å². The molecular weight excluding hydrogens is 251 g/mol. The van der Waals surface area contributed by atoms with E-state index in [2.05, 4.69) is 37.9 Å². The highest BCUT2D eigenvalue weighted by Gasteiger charge is 2.25. The fourth-order valence-corrected chi connectivity index (χ4v) is 2.66. The van der Waals surface area contributed by atoms with Gasteiger partial charge in [0.25, 0.3) is 0 Å². The highest BCUT2D eigenvalue weighted by molar-refractivity contribution is 5.39. The van der Waals surface area contributed by atoms with E-state index in [1.54, 1.807) is 6.07 Å². The van der Waals surface area contributed by atoms with Crippen molar-refractivity contribution >= 4 is 0 Å². The summed E-state index contributed by atoms with van der Waals surface area (Å²) in [5.74, 6) is -0.341. The molecule has 0 amide bonds. The molecular formula is C17H21FN2. The highest BCUT2D eigenvalue weighted by atomic mass is 19.1. The number of nitrogens with two attached hydrogens (primary N) is 1. The first-order valence-corrected chi connectivity index (χ1v) is 6.77. The minimum absolute atomic E-state index is 0.341. The van der Waals surface area contributed by atoms with Crippen molar-refractivity contribution in [2.45, 2.75) is 39.7 Å².